The van der Waals surface area contributed by atoms with E-state index in [4.69, 9.17) is 11.5 Å². The Bertz CT molecular complexity index is 822. The van der Waals surface area contributed by atoms with Crippen molar-refractivity contribution in [3.05, 3.63) is 54.6 Å². The second kappa shape index (κ2) is 7.93. The van der Waals surface area contributed by atoms with E-state index in [1.165, 1.54) is 0 Å². The summed E-state index contributed by atoms with van der Waals surface area (Å²) in [7, 11) is 0. The number of aromatic nitrogens is 3. The predicted molar refractivity (Wildman–Crippen MR) is 101 cm³/mol. The molecule has 25 heavy (non-hydrogen) atoms. The number of nitrogens with zero attached hydrogens (tertiary/aromatic N) is 3. The van der Waals surface area contributed by atoms with E-state index in [0.717, 1.165) is 11.4 Å². The third-order valence-electron chi connectivity index (χ3n) is 3.24. The second-order valence-electron chi connectivity index (χ2n) is 5.26. The Kier molecular flexibility index (Phi) is 5.22. The second-order valence-corrected chi connectivity index (χ2v) is 5.26. The van der Waals surface area contributed by atoms with E-state index in [1.807, 2.05) is 48.5 Å². The molecule has 8 nitrogen and oxygen atoms in total. The molecule has 0 aliphatic rings. The fourth-order valence-electron chi connectivity index (χ4n) is 2.15. The first kappa shape index (κ1) is 16.5. The minimum absolute atomic E-state index is 0.401. The molecule has 0 radical (unpaired) electrons. The summed E-state index contributed by atoms with van der Waals surface area (Å²) in [5, 5.41) is 9.36. The monoisotopic (exact) mass is 336 g/mol. The summed E-state index contributed by atoms with van der Waals surface area (Å²) < 4.78 is 0. The van der Waals surface area contributed by atoms with Crippen molar-refractivity contribution in [2.75, 3.05) is 34.8 Å². The summed E-state index contributed by atoms with van der Waals surface area (Å²) in [6, 6.07) is 17.0. The lowest BCUT2D eigenvalue weighted by molar-refractivity contribution is 0.973. The number of hydrogen-bond acceptors (Lipinski definition) is 8. The van der Waals surface area contributed by atoms with Crippen LogP contribution < -0.4 is 27.4 Å². The fraction of sp³-hybridized carbons (Fsp3) is 0.118. The van der Waals surface area contributed by atoms with Crippen LogP contribution in [0.3, 0.4) is 0 Å². The lowest BCUT2D eigenvalue weighted by atomic mass is 10.3. The lowest BCUT2D eigenvalue weighted by Gasteiger charge is -2.11. The highest BCUT2D eigenvalue weighted by Gasteiger charge is 2.07. The van der Waals surface area contributed by atoms with Crippen molar-refractivity contribution in [1.82, 2.24) is 15.0 Å². The van der Waals surface area contributed by atoms with E-state index in [1.54, 1.807) is 6.07 Å². The largest absolute Gasteiger partial charge is 0.399 e. The van der Waals surface area contributed by atoms with E-state index >= 15 is 0 Å². The van der Waals surface area contributed by atoms with Crippen LogP contribution in [0.4, 0.5) is 34.9 Å². The van der Waals surface area contributed by atoms with Gasteiger partial charge in [-0.2, -0.15) is 15.0 Å². The van der Waals surface area contributed by atoms with Gasteiger partial charge < -0.3 is 27.4 Å². The smallest absolute Gasteiger partial charge is 0.233 e. The minimum Gasteiger partial charge on any atom is -0.399 e. The van der Waals surface area contributed by atoms with Gasteiger partial charge in [0, 0.05) is 30.2 Å². The van der Waals surface area contributed by atoms with E-state index in [-0.39, 0.29) is 0 Å². The van der Waals surface area contributed by atoms with Gasteiger partial charge in [-0.3, -0.25) is 0 Å². The molecule has 2 aromatic carbocycles. The average molecular weight is 336 g/mol. The molecule has 3 aromatic rings. The molecule has 0 spiro atoms. The van der Waals surface area contributed by atoms with Gasteiger partial charge in [-0.15, -0.1) is 0 Å². The van der Waals surface area contributed by atoms with Crippen LogP contribution in [-0.4, -0.2) is 28.0 Å². The Balaban J connectivity index is 1.86. The number of anilines is 6. The van der Waals surface area contributed by atoms with Crippen LogP contribution in [0.2, 0.25) is 0 Å². The van der Waals surface area contributed by atoms with Gasteiger partial charge in [-0.1, -0.05) is 24.3 Å². The highest BCUT2D eigenvalue weighted by molar-refractivity contribution is 5.62. The first-order chi connectivity index (χ1) is 12.2. The quantitative estimate of drug-likeness (QED) is 0.416. The summed E-state index contributed by atoms with van der Waals surface area (Å²) in [5.41, 5.74) is 13.7. The molecule has 0 fully saturated rings. The Morgan fingerprint density at radius 2 is 1.40 bits per heavy atom. The summed E-state index contributed by atoms with van der Waals surface area (Å²) in [5.74, 6) is 1.26. The van der Waals surface area contributed by atoms with Gasteiger partial charge in [0.05, 0.1) is 0 Å². The third-order valence-corrected chi connectivity index (χ3v) is 3.24. The number of hydrogen-bond donors (Lipinski definition) is 5. The molecule has 0 aliphatic carbocycles. The van der Waals surface area contributed by atoms with Crippen LogP contribution in [0.15, 0.2) is 54.6 Å². The summed E-state index contributed by atoms with van der Waals surface area (Å²) >= 11 is 0. The number of nitrogens with one attached hydrogen (secondary N) is 3. The molecule has 0 atom stereocenters. The van der Waals surface area contributed by atoms with E-state index in [0.29, 0.717) is 36.6 Å². The first-order valence-corrected chi connectivity index (χ1v) is 7.87. The zero-order valence-electron chi connectivity index (χ0n) is 13.6. The summed E-state index contributed by atoms with van der Waals surface area (Å²) in [6.45, 7) is 1.04. The standard InChI is InChI=1S/C17H20N8/c18-9-10-20-15-23-16(21-13-6-2-1-3-7-13)25-17(24-15)22-14-8-4-5-12(19)11-14/h1-8,11H,9-10,18-19H2,(H3,20,21,22,23,24,25). The Morgan fingerprint density at radius 1 is 0.760 bits per heavy atom. The van der Waals surface area contributed by atoms with E-state index in [9.17, 15) is 0 Å². The van der Waals surface area contributed by atoms with Crippen LogP contribution >= 0.6 is 0 Å². The minimum atomic E-state index is 0.401. The van der Waals surface area contributed by atoms with Gasteiger partial charge in [0.2, 0.25) is 17.8 Å². The maximum Gasteiger partial charge on any atom is 0.233 e. The van der Waals surface area contributed by atoms with Crippen LogP contribution in [0, 0.1) is 0 Å². The molecule has 0 unspecified atom stereocenters. The normalized spacial score (nSPS) is 10.3. The summed E-state index contributed by atoms with van der Waals surface area (Å²) in [4.78, 5) is 13.1. The van der Waals surface area contributed by atoms with Crippen LogP contribution in [0.5, 0.6) is 0 Å². The lowest BCUT2D eigenvalue weighted by Crippen LogP contribution is -2.16. The molecule has 8 heteroatoms. The SMILES string of the molecule is NCCNc1nc(Nc2ccccc2)nc(Nc2cccc(N)c2)n1. The van der Waals surface area contributed by atoms with Gasteiger partial charge in [-0.05, 0) is 30.3 Å². The van der Waals surface area contributed by atoms with Crippen molar-refractivity contribution >= 4 is 34.9 Å². The van der Waals surface area contributed by atoms with Crippen molar-refractivity contribution in [2.24, 2.45) is 5.73 Å². The van der Waals surface area contributed by atoms with Crippen LogP contribution in [0.25, 0.3) is 0 Å². The highest BCUT2D eigenvalue weighted by Crippen LogP contribution is 2.19. The number of para-hydroxylation sites is 1. The van der Waals surface area contributed by atoms with Crippen molar-refractivity contribution in [3.8, 4) is 0 Å². The molecule has 0 amide bonds. The van der Waals surface area contributed by atoms with Crippen molar-refractivity contribution in [2.45, 2.75) is 0 Å². The molecule has 0 bridgehead atoms. The van der Waals surface area contributed by atoms with Gasteiger partial charge in [0.15, 0.2) is 0 Å². The molecule has 7 N–H and O–H groups in total. The molecule has 128 valence electrons. The molecule has 0 saturated carbocycles. The van der Waals surface area contributed by atoms with Gasteiger partial charge >= 0.3 is 0 Å². The third kappa shape index (κ3) is 4.79. The fourth-order valence-corrected chi connectivity index (χ4v) is 2.15. The average Bonchev–Trinajstić information content (AvgIpc) is 2.61. The van der Waals surface area contributed by atoms with Gasteiger partial charge in [0.1, 0.15) is 0 Å². The molecule has 1 aromatic heterocycles. The topological polar surface area (TPSA) is 127 Å². The number of benzene rings is 2. The van der Waals surface area contributed by atoms with E-state index < -0.39 is 0 Å². The Hall–Kier alpha value is -3.39. The van der Waals surface area contributed by atoms with Crippen molar-refractivity contribution in [3.63, 3.8) is 0 Å². The van der Waals surface area contributed by atoms with Crippen molar-refractivity contribution in [1.29, 1.82) is 0 Å². The molecule has 1 heterocycles. The Morgan fingerprint density at radius 3 is 2.08 bits per heavy atom. The number of nitrogen functional groups attached to an aromatic ring is 1. The highest BCUT2D eigenvalue weighted by atomic mass is 15.3. The number of nitrogens with two attached hydrogens (primary N) is 2. The van der Waals surface area contributed by atoms with Crippen LogP contribution in [0.1, 0.15) is 0 Å². The van der Waals surface area contributed by atoms with E-state index in [2.05, 4.69) is 30.9 Å². The molecule has 0 saturated heterocycles. The first-order valence-electron chi connectivity index (χ1n) is 7.87. The maximum absolute atomic E-state index is 5.81. The predicted octanol–water partition coefficient (Wildman–Crippen LogP) is 2.31. The molecular formula is C17H20N8. The maximum atomic E-state index is 5.81. The molecule has 3 rings (SSSR count). The van der Waals surface area contributed by atoms with Crippen molar-refractivity contribution < 1.29 is 0 Å². The van der Waals surface area contributed by atoms with Gasteiger partial charge in [0.25, 0.3) is 0 Å². The summed E-state index contributed by atoms with van der Waals surface area (Å²) in [6.07, 6.45) is 0. The zero-order chi connectivity index (χ0) is 17.5. The number of rotatable bonds is 7. The van der Waals surface area contributed by atoms with Gasteiger partial charge in [-0.25, -0.2) is 0 Å². The Labute approximate surface area is 145 Å². The van der Waals surface area contributed by atoms with Crippen LogP contribution in [-0.2, 0) is 0 Å². The zero-order valence-corrected chi connectivity index (χ0v) is 13.6. The molecule has 0 aliphatic heterocycles. The molecular weight excluding hydrogens is 316 g/mol.